The van der Waals surface area contributed by atoms with Crippen molar-refractivity contribution >= 4 is 17.7 Å². The van der Waals surface area contributed by atoms with Crippen LogP contribution in [0.25, 0.3) is 0 Å². The topological polar surface area (TPSA) is 38.8 Å². The zero-order valence-electron chi connectivity index (χ0n) is 13.3. The Morgan fingerprint density at radius 2 is 1.86 bits per heavy atom. The molecule has 1 aromatic rings. The molecule has 0 radical (unpaired) electrons. The largest absolute Gasteiger partial charge is 0.490 e. The SMILES string of the molecule is CCOc1ccccc1OCCN(C)C(=O)[C@@H](C)SCC. The lowest BCUT2D eigenvalue weighted by atomic mass is 10.3. The quantitative estimate of drug-likeness (QED) is 0.702. The first kappa shape index (κ1) is 17.7. The van der Waals surface area contributed by atoms with Crippen LogP contribution in [0.2, 0.25) is 0 Å². The monoisotopic (exact) mass is 311 g/mol. The second-order valence-electron chi connectivity index (χ2n) is 4.59. The highest BCUT2D eigenvalue weighted by Gasteiger charge is 2.17. The van der Waals surface area contributed by atoms with E-state index in [2.05, 4.69) is 6.92 Å². The van der Waals surface area contributed by atoms with Crippen LogP contribution in [0.15, 0.2) is 24.3 Å². The average Bonchev–Trinajstić information content (AvgIpc) is 2.48. The molecule has 0 saturated heterocycles. The van der Waals surface area contributed by atoms with Crippen LogP contribution < -0.4 is 9.47 Å². The predicted molar refractivity (Wildman–Crippen MR) is 88.3 cm³/mol. The minimum Gasteiger partial charge on any atom is -0.490 e. The number of nitrogens with zero attached hydrogens (tertiary/aromatic N) is 1. The maximum absolute atomic E-state index is 12.1. The Bertz CT molecular complexity index is 439. The van der Waals surface area contributed by atoms with Gasteiger partial charge in [0.2, 0.25) is 5.91 Å². The molecule has 0 saturated carbocycles. The lowest BCUT2D eigenvalue weighted by Gasteiger charge is -2.21. The van der Waals surface area contributed by atoms with Crippen molar-refractivity contribution in [3.8, 4) is 11.5 Å². The van der Waals surface area contributed by atoms with Crippen LogP contribution in [0.1, 0.15) is 20.8 Å². The zero-order chi connectivity index (χ0) is 15.7. The highest BCUT2D eigenvalue weighted by molar-refractivity contribution is 8.00. The van der Waals surface area contributed by atoms with Gasteiger partial charge < -0.3 is 14.4 Å². The first-order valence-corrected chi connectivity index (χ1v) is 8.36. The Kier molecular flexibility index (Phi) is 8.05. The summed E-state index contributed by atoms with van der Waals surface area (Å²) in [6, 6.07) is 7.58. The Morgan fingerprint density at radius 1 is 1.24 bits per heavy atom. The highest BCUT2D eigenvalue weighted by atomic mass is 32.2. The van der Waals surface area contributed by atoms with Crippen molar-refractivity contribution in [1.29, 1.82) is 0 Å². The van der Waals surface area contributed by atoms with Crippen LogP contribution in [-0.4, -0.2) is 48.6 Å². The molecule has 1 atom stereocenters. The molecule has 0 aliphatic carbocycles. The van der Waals surface area contributed by atoms with E-state index in [-0.39, 0.29) is 11.2 Å². The number of amides is 1. The summed E-state index contributed by atoms with van der Waals surface area (Å²) in [5.41, 5.74) is 0. The molecule has 1 aromatic carbocycles. The van der Waals surface area contributed by atoms with Crippen molar-refractivity contribution in [2.24, 2.45) is 0 Å². The Labute approximate surface area is 131 Å². The van der Waals surface area contributed by atoms with Crippen molar-refractivity contribution in [2.75, 3.05) is 32.6 Å². The van der Waals surface area contributed by atoms with Crippen LogP contribution in [-0.2, 0) is 4.79 Å². The van der Waals surface area contributed by atoms with Gasteiger partial charge in [-0.05, 0) is 31.7 Å². The van der Waals surface area contributed by atoms with Crippen molar-refractivity contribution in [3.63, 3.8) is 0 Å². The van der Waals surface area contributed by atoms with E-state index >= 15 is 0 Å². The summed E-state index contributed by atoms with van der Waals surface area (Å²) in [4.78, 5) is 13.8. The van der Waals surface area contributed by atoms with Crippen molar-refractivity contribution in [3.05, 3.63) is 24.3 Å². The fourth-order valence-electron chi connectivity index (χ4n) is 1.88. The normalized spacial score (nSPS) is 11.8. The molecule has 0 spiro atoms. The number of likely N-dealkylation sites (N-methyl/N-ethyl adjacent to an activating group) is 1. The second kappa shape index (κ2) is 9.55. The van der Waals surface area contributed by atoms with Crippen LogP contribution in [0.5, 0.6) is 11.5 Å². The van der Waals surface area contributed by atoms with E-state index < -0.39 is 0 Å². The molecule has 5 heteroatoms. The molecule has 1 rings (SSSR count). The van der Waals surface area contributed by atoms with Gasteiger partial charge in [-0.1, -0.05) is 19.1 Å². The van der Waals surface area contributed by atoms with E-state index in [9.17, 15) is 4.79 Å². The minimum atomic E-state index is -0.00397. The summed E-state index contributed by atoms with van der Waals surface area (Å²) in [5, 5.41) is -0.00397. The van der Waals surface area contributed by atoms with E-state index in [0.29, 0.717) is 19.8 Å². The third-order valence-electron chi connectivity index (χ3n) is 2.97. The van der Waals surface area contributed by atoms with Gasteiger partial charge in [0.25, 0.3) is 0 Å². The van der Waals surface area contributed by atoms with Gasteiger partial charge in [-0.15, -0.1) is 11.8 Å². The van der Waals surface area contributed by atoms with Gasteiger partial charge >= 0.3 is 0 Å². The van der Waals surface area contributed by atoms with Crippen molar-refractivity contribution in [1.82, 2.24) is 4.90 Å². The summed E-state index contributed by atoms with van der Waals surface area (Å²) < 4.78 is 11.2. The number of hydrogen-bond donors (Lipinski definition) is 0. The summed E-state index contributed by atoms with van der Waals surface area (Å²) in [5.74, 6) is 2.54. The fourth-order valence-corrected chi connectivity index (χ4v) is 2.70. The van der Waals surface area contributed by atoms with Gasteiger partial charge in [-0.25, -0.2) is 0 Å². The van der Waals surface area contributed by atoms with E-state index in [1.165, 1.54) is 0 Å². The summed E-state index contributed by atoms with van der Waals surface area (Å²) in [6.45, 7) is 7.56. The number of carbonyl (C=O) groups is 1. The van der Waals surface area contributed by atoms with Crippen LogP contribution >= 0.6 is 11.8 Å². The number of para-hydroxylation sites is 2. The van der Waals surface area contributed by atoms with Gasteiger partial charge in [0.1, 0.15) is 6.61 Å². The van der Waals surface area contributed by atoms with Gasteiger partial charge in [-0.3, -0.25) is 4.79 Å². The summed E-state index contributed by atoms with van der Waals surface area (Å²) in [7, 11) is 1.81. The minimum absolute atomic E-state index is 0.00397. The number of benzene rings is 1. The maximum atomic E-state index is 12.1. The molecule has 21 heavy (non-hydrogen) atoms. The molecule has 0 bridgehead atoms. The summed E-state index contributed by atoms with van der Waals surface area (Å²) >= 11 is 1.65. The molecule has 4 nitrogen and oxygen atoms in total. The zero-order valence-corrected chi connectivity index (χ0v) is 14.1. The van der Waals surface area contributed by atoms with Crippen molar-refractivity contribution < 1.29 is 14.3 Å². The Morgan fingerprint density at radius 3 is 2.43 bits per heavy atom. The molecular formula is C16H25NO3S. The Hall–Kier alpha value is -1.36. The third-order valence-corrected chi connectivity index (χ3v) is 4.01. The third kappa shape index (κ3) is 5.87. The highest BCUT2D eigenvalue weighted by Crippen LogP contribution is 2.26. The number of thioether (sulfide) groups is 1. The maximum Gasteiger partial charge on any atom is 0.235 e. The standard InChI is InChI=1S/C16H25NO3S/c1-5-19-14-9-7-8-10-15(14)20-12-11-17(4)16(18)13(3)21-6-2/h7-10,13H,5-6,11-12H2,1-4H3/t13-/m1/s1. The number of rotatable bonds is 9. The van der Waals surface area contributed by atoms with E-state index in [1.807, 2.05) is 45.2 Å². The van der Waals surface area contributed by atoms with Gasteiger partial charge in [0.05, 0.1) is 18.4 Å². The van der Waals surface area contributed by atoms with Gasteiger partial charge in [-0.2, -0.15) is 0 Å². The lowest BCUT2D eigenvalue weighted by molar-refractivity contribution is -0.129. The fraction of sp³-hybridized carbons (Fsp3) is 0.562. The molecule has 0 N–H and O–H groups in total. The van der Waals surface area contributed by atoms with E-state index in [4.69, 9.17) is 9.47 Å². The van der Waals surface area contributed by atoms with Gasteiger partial charge in [0.15, 0.2) is 11.5 Å². The molecule has 0 aliphatic rings. The molecule has 118 valence electrons. The molecule has 0 heterocycles. The lowest BCUT2D eigenvalue weighted by Crippen LogP contribution is -2.36. The van der Waals surface area contributed by atoms with Crippen LogP contribution in [0.3, 0.4) is 0 Å². The second-order valence-corrected chi connectivity index (χ2v) is 6.20. The molecule has 0 unspecified atom stereocenters. The molecule has 0 aliphatic heterocycles. The molecule has 0 fully saturated rings. The van der Waals surface area contributed by atoms with E-state index in [1.54, 1.807) is 16.7 Å². The number of hydrogen-bond acceptors (Lipinski definition) is 4. The van der Waals surface area contributed by atoms with Crippen molar-refractivity contribution in [2.45, 2.75) is 26.0 Å². The number of carbonyl (C=O) groups excluding carboxylic acids is 1. The molecular weight excluding hydrogens is 286 g/mol. The van der Waals surface area contributed by atoms with Crippen LogP contribution in [0.4, 0.5) is 0 Å². The van der Waals surface area contributed by atoms with Crippen LogP contribution in [0, 0.1) is 0 Å². The van der Waals surface area contributed by atoms with Gasteiger partial charge in [0, 0.05) is 7.05 Å². The molecule has 1 amide bonds. The first-order chi connectivity index (χ1) is 10.1. The van der Waals surface area contributed by atoms with E-state index in [0.717, 1.165) is 17.3 Å². The average molecular weight is 311 g/mol. The predicted octanol–water partition coefficient (Wildman–Crippen LogP) is 3.06. The molecule has 0 aromatic heterocycles. The number of ether oxygens (including phenoxy) is 2. The smallest absolute Gasteiger partial charge is 0.235 e. The summed E-state index contributed by atoms with van der Waals surface area (Å²) in [6.07, 6.45) is 0. The first-order valence-electron chi connectivity index (χ1n) is 7.31. The Balaban J connectivity index is 2.44.